The summed E-state index contributed by atoms with van der Waals surface area (Å²) in [5, 5.41) is 0. The quantitative estimate of drug-likeness (QED) is 0.794. The summed E-state index contributed by atoms with van der Waals surface area (Å²) in [4.78, 5) is 2.38. The molecule has 0 amide bonds. The summed E-state index contributed by atoms with van der Waals surface area (Å²) in [6.45, 7) is 8.64. The van der Waals surface area contributed by atoms with Crippen LogP contribution < -0.4 is 0 Å². The van der Waals surface area contributed by atoms with Gasteiger partial charge in [0.2, 0.25) is 10.0 Å². The van der Waals surface area contributed by atoms with Crippen LogP contribution in [0.1, 0.15) is 20.8 Å². The first-order valence-corrected chi connectivity index (χ1v) is 9.06. The van der Waals surface area contributed by atoms with Gasteiger partial charge < -0.3 is 0 Å². The van der Waals surface area contributed by atoms with E-state index in [2.05, 4.69) is 41.6 Å². The van der Waals surface area contributed by atoms with Crippen molar-refractivity contribution in [3.05, 3.63) is 28.5 Å². The molecule has 21 heavy (non-hydrogen) atoms. The Bertz CT molecular complexity index is 620. The minimum atomic E-state index is -3.59. The van der Waals surface area contributed by atoms with Crippen LogP contribution in [0.4, 0.5) is 4.39 Å². The maximum absolute atomic E-state index is 13.1. The third-order valence-corrected chi connectivity index (χ3v) is 6.57. The van der Waals surface area contributed by atoms with Crippen LogP contribution in [-0.2, 0) is 10.0 Å². The van der Waals surface area contributed by atoms with Crippen LogP contribution >= 0.6 is 15.9 Å². The highest BCUT2D eigenvalue weighted by Crippen LogP contribution is 2.27. The molecule has 0 unspecified atom stereocenters. The largest absolute Gasteiger partial charge is 0.296 e. The van der Waals surface area contributed by atoms with E-state index in [0.717, 1.165) is 0 Å². The fourth-order valence-electron chi connectivity index (χ4n) is 2.42. The maximum atomic E-state index is 13.1. The van der Waals surface area contributed by atoms with Gasteiger partial charge >= 0.3 is 0 Å². The molecule has 0 N–H and O–H groups in total. The maximum Gasteiger partial charge on any atom is 0.244 e. The zero-order valence-corrected chi connectivity index (χ0v) is 14.8. The lowest BCUT2D eigenvalue weighted by Gasteiger charge is -2.41. The second-order valence-electron chi connectivity index (χ2n) is 6.14. The van der Waals surface area contributed by atoms with Crippen LogP contribution in [0.2, 0.25) is 0 Å². The van der Waals surface area contributed by atoms with Crippen molar-refractivity contribution in [2.75, 3.05) is 26.2 Å². The van der Waals surface area contributed by atoms with Gasteiger partial charge in [-0.1, -0.05) is 0 Å². The zero-order valence-electron chi connectivity index (χ0n) is 12.4. The van der Waals surface area contributed by atoms with Crippen LogP contribution in [0.5, 0.6) is 0 Å². The predicted molar refractivity (Wildman–Crippen MR) is 84.2 cm³/mol. The molecule has 0 bridgehead atoms. The van der Waals surface area contributed by atoms with Gasteiger partial charge in [-0.3, -0.25) is 4.90 Å². The van der Waals surface area contributed by atoms with Crippen molar-refractivity contribution in [3.8, 4) is 0 Å². The van der Waals surface area contributed by atoms with Gasteiger partial charge in [0.25, 0.3) is 0 Å². The normalized spacial score (nSPS) is 18.9. The summed E-state index contributed by atoms with van der Waals surface area (Å²) in [5.41, 5.74) is 0.0340. The molecular formula is C14H20BrFN2O2S. The molecule has 1 aliphatic heterocycles. The first-order chi connectivity index (χ1) is 9.62. The summed E-state index contributed by atoms with van der Waals surface area (Å²) in [7, 11) is -3.59. The number of nitrogens with zero attached hydrogens (tertiary/aromatic N) is 2. The van der Waals surface area contributed by atoms with E-state index in [0.29, 0.717) is 26.2 Å². The van der Waals surface area contributed by atoms with Gasteiger partial charge in [0.1, 0.15) is 5.82 Å². The molecule has 0 saturated carbocycles. The standard InChI is InChI=1S/C14H20BrFN2O2S/c1-14(2,3)17-6-8-18(9-7-17)21(19,20)13-5-4-11(16)10-12(13)15/h4-5,10H,6-9H2,1-3H3. The smallest absolute Gasteiger partial charge is 0.244 e. The second kappa shape index (κ2) is 5.95. The average molecular weight is 379 g/mol. The molecule has 2 rings (SSSR count). The Morgan fingerprint density at radius 2 is 1.71 bits per heavy atom. The van der Waals surface area contributed by atoms with E-state index in [1.54, 1.807) is 0 Å². The molecule has 0 spiro atoms. The Labute approximate surface area is 134 Å². The lowest BCUT2D eigenvalue weighted by atomic mass is 10.1. The molecule has 7 heteroatoms. The molecule has 0 aromatic heterocycles. The number of sulfonamides is 1. The molecule has 0 radical (unpaired) electrons. The number of halogens is 2. The lowest BCUT2D eigenvalue weighted by Crippen LogP contribution is -2.54. The highest BCUT2D eigenvalue weighted by atomic mass is 79.9. The molecule has 0 atom stereocenters. The summed E-state index contributed by atoms with van der Waals surface area (Å²) < 4.78 is 40.1. The second-order valence-corrected chi connectivity index (χ2v) is 8.90. The molecule has 0 aliphatic carbocycles. The van der Waals surface area contributed by atoms with Crippen LogP contribution in [0.25, 0.3) is 0 Å². The number of hydrogen-bond donors (Lipinski definition) is 0. The minimum absolute atomic E-state index is 0.0340. The molecule has 1 aliphatic rings. The van der Waals surface area contributed by atoms with E-state index in [1.165, 1.54) is 22.5 Å². The predicted octanol–water partition coefficient (Wildman–Crippen LogP) is 2.69. The van der Waals surface area contributed by atoms with Gasteiger partial charge in [-0.05, 0) is 54.9 Å². The van der Waals surface area contributed by atoms with E-state index < -0.39 is 15.8 Å². The van der Waals surface area contributed by atoms with Crippen molar-refractivity contribution in [3.63, 3.8) is 0 Å². The molecule has 1 fully saturated rings. The highest BCUT2D eigenvalue weighted by molar-refractivity contribution is 9.10. The topological polar surface area (TPSA) is 40.6 Å². The Hall–Kier alpha value is -0.500. The van der Waals surface area contributed by atoms with Gasteiger partial charge in [-0.15, -0.1) is 0 Å². The van der Waals surface area contributed by atoms with Gasteiger partial charge in [-0.25, -0.2) is 12.8 Å². The van der Waals surface area contributed by atoms with E-state index in [-0.39, 0.29) is 14.9 Å². The first kappa shape index (κ1) is 16.9. The Balaban J connectivity index is 2.19. The van der Waals surface area contributed by atoms with Crippen molar-refractivity contribution in [2.24, 2.45) is 0 Å². The average Bonchev–Trinajstić information content (AvgIpc) is 2.37. The molecular weight excluding hydrogens is 359 g/mol. The third kappa shape index (κ3) is 3.64. The van der Waals surface area contributed by atoms with E-state index in [1.807, 2.05) is 0 Å². The number of rotatable bonds is 2. The molecule has 4 nitrogen and oxygen atoms in total. The lowest BCUT2D eigenvalue weighted by molar-refractivity contribution is 0.0921. The van der Waals surface area contributed by atoms with Crippen molar-refractivity contribution >= 4 is 26.0 Å². The van der Waals surface area contributed by atoms with Crippen molar-refractivity contribution in [1.29, 1.82) is 0 Å². The Morgan fingerprint density at radius 3 is 2.19 bits per heavy atom. The number of piperazine rings is 1. The zero-order chi connectivity index (χ0) is 15.8. The van der Waals surface area contributed by atoms with E-state index >= 15 is 0 Å². The number of benzene rings is 1. The molecule has 1 saturated heterocycles. The van der Waals surface area contributed by atoms with Gasteiger partial charge in [0.05, 0.1) is 4.90 Å². The summed E-state index contributed by atoms with van der Waals surface area (Å²) >= 11 is 3.14. The van der Waals surface area contributed by atoms with Crippen LogP contribution in [0.15, 0.2) is 27.6 Å². The number of hydrogen-bond acceptors (Lipinski definition) is 3. The van der Waals surface area contributed by atoms with Crippen molar-refractivity contribution < 1.29 is 12.8 Å². The highest BCUT2D eigenvalue weighted by Gasteiger charge is 2.33. The van der Waals surface area contributed by atoms with Gasteiger partial charge in [0.15, 0.2) is 0 Å². The van der Waals surface area contributed by atoms with Crippen molar-refractivity contribution in [1.82, 2.24) is 9.21 Å². The minimum Gasteiger partial charge on any atom is -0.296 e. The van der Waals surface area contributed by atoms with E-state index in [4.69, 9.17) is 0 Å². The monoisotopic (exact) mass is 378 g/mol. The molecule has 1 aromatic rings. The van der Waals surface area contributed by atoms with Gasteiger partial charge in [0, 0.05) is 36.2 Å². The first-order valence-electron chi connectivity index (χ1n) is 6.82. The Morgan fingerprint density at radius 1 is 1.14 bits per heavy atom. The SMILES string of the molecule is CC(C)(C)N1CCN(S(=O)(=O)c2ccc(F)cc2Br)CC1. The third-order valence-electron chi connectivity index (χ3n) is 3.70. The van der Waals surface area contributed by atoms with Crippen LogP contribution in [0.3, 0.4) is 0 Å². The van der Waals surface area contributed by atoms with Gasteiger partial charge in [-0.2, -0.15) is 4.31 Å². The van der Waals surface area contributed by atoms with Crippen LogP contribution in [-0.4, -0.2) is 49.3 Å². The molecule has 1 heterocycles. The Kier molecular flexibility index (Phi) is 4.78. The molecule has 1 aromatic carbocycles. The fourth-order valence-corrected chi connectivity index (χ4v) is 4.85. The summed E-state index contributed by atoms with van der Waals surface area (Å²) in [5.74, 6) is -0.460. The van der Waals surface area contributed by atoms with Crippen molar-refractivity contribution in [2.45, 2.75) is 31.2 Å². The van der Waals surface area contributed by atoms with Crippen LogP contribution in [0, 0.1) is 5.82 Å². The molecule has 118 valence electrons. The summed E-state index contributed by atoms with van der Waals surface area (Å²) in [6.07, 6.45) is 0. The van der Waals surface area contributed by atoms with E-state index in [9.17, 15) is 12.8 Å². The summed E-state index contributed by atoms with van der Waals surface area (Å²) in [6, 6.07) is 3.66. The fraction of sp³-hybridized carbons (Fsp3) is 0.571.